The first-order valence-electron chi connectivity index (χ1n) is 9.36. The van der Waals surface area contributed by atoms with E-state index in [0.717, 1.165) is 30.1 Å². The van der Waals surface area contributed by atoms with Gasteiger partial charge in [-0.1, -0.05) is 36.4 Å². The Hall–Kier alpha value is -2.24. The van der Waals surface area contributed by atoms with Crippen molar-refractivity contribution in [2.45, 2.75) is 44.8 Å². The zero-order valence-electron chi connectivity index (χ0n) is 16.0. The Kier molecular flexibility index (Phi) is 4.52. The van der Waals surface area contributed by atoms with Gasteiger partial charge in [0.15, 0.2) is 0 Å². The van der Waals surface area contributed by atoms with Crippen LogP contribution in [0.3, 0.4) is 0 Å². The van der Waals surface area contributed by atoms with Crippen LogP contribution in [0.5, 0.6) is 0 Å². The zero-order chi connectivity index (χ0) is 19.1. The molecular formula is C22H25N3OS. The maximum absolute atomic E-state index is 6.04. The molecule has 0 radical (unpaired) electrons. The van der Waals surface area contributed by atoms with Gasteiger partial charge in [0.1, 0.15) is 11.4 Å². The Labute approximate surface area is 166 Å². The maximum Gasteiger partial charge on any atom is 0.202 e. The molecule has 2 aliphatic heterocycles. The van der Waals surface area contributed by atoms with Crippen molar-refractivity contribution in [2.75, 3.05) is 16.8 Å². The normalized spacial score (nSPS) is 24.2. The highest BCUT2D eigenvalue weighted by atomic mass is 32.1. The highest BCUT2D eigenvalue weighted by Crippen LogP contribution is 2.43. The average molecular weight is 380 g/mol. The predicted molar refractivity (Wildman–Crippen MR) is 116 cm³/mol. The van der Waals surface area contributed by atoms with Gasteiger partial charge in [0, 0.05) is 30.8 Å². The summed E-state index contributed by atoms with van der Waals surface area (Å²) in [5.41, 5.74) is 2.75. The second kappa shape index (κ2) is 6.73. The molecule has 5 heteroatoms. The largest absolute Gasteiger partial charge is 0.375 e. The highest BCUT2D eigenvalue weighted by molar-refractivity contribution is 7.80. The van der Waals surface area contributed by atoms with Gasteiger partial charge in [0.2, 0.25) is 5.11 Å². The highest BCUT2D eigenvalue weighted by Gasteiger charge is 2.53. The number of nitrogens with one attached hydrogen (secondary N) is 1. The fourth-order valence-electron chi connectivity index (χ4n) is 4.19. The van der Waals surface area contributed by atoms with Crippen molar-refractivity contribution in [3.05, 3.63) is 60.2 Å². The number of aliphatic imine (C=N–C) groups is 1. The molecule has 27 heavy (non-hydrogen) atoms. The third-order valence-electron chi connectivity index (χ3n) is 5.41. The van der Waals surface area contributed by atoms with Crippen LogP contribution in [-0.4, -0.2) is 28.7 Å². The van der Waals surface area contributed by atoms with Gasteiger partial charge in [-0.2, -0.15) is 0 Å². The molecule has 0 amide bonds. The topological polar surface area (TPSA) is 36.9 Å². The predicted octanol–water partition coefficient (Wildman–Crippen LogP) is 4.94. The van der Waals surface area contributed by atoms with Crippen LogP contribution in [0, 0.1) is 6.92 Å². The van der Waals surface area contributed by atoms with Crippen molar-refractivity contribution < 1.29 is 4.74 Å². The number of hydrogen-bond acceptors (Lipinski definition) is 3. The minimum Gasteiger partial charge on any atom is -0.375 e. The van der Waals surface area contributed by atoms with E-state index in [-0.39, 0.29) is 11.1 Å². The second-order valence-corrected chi connectivity index (χ2v) is 8.29. The van der Waals surface area contributed by atoms with Crippen molar-refractivity contribution in [3.63, 3.8) is 0 Å². The Morgan fingerprint density at radius 2 is 1.78 bits per heavy atom. The molecule has 1 N–H and O–H groups in total. The van der Waals surface area contributed by atoms with E-state index < -0.39 is 0 Å². The number of thiocarbonyl (C=S) groups is 1. The quantitative estimate of drug-likeness (QED) is 0.750. The lowest BCUT2D eigenvalue weighted by Crippen LogP contribution is -2.60. The van der Waals surface area contributed by atoms with E-state index in [1.807, 2.05) is 30.3 Å². The third kappa shape index (κ3) is 3.26. The number of benzene rings is 2. The van der Waals surface area contributed by atoms with E-state index in [0.29, 0.717) is 11.7 Å². The molecule has 0 aromatic heterocycles. The Morgan fingerprint density at radius 3 is 2.48 bits per heavy atom. The lowest BCUT2D eigenvalue weighted by Gasteiger charge is -2.48. The van der Waals surface area contributed by atoms with E-state index >= 15 is 0 Å². The number of amidine groups is 1. The molecule has 1 atom stereocenters. The number of anilines is 2. The van der Waals surface area contributed by atoms with E-state index in [1.165, 1.54) is 5.56 Å². The summed E-state index contributed by atoms with van der Waals surface area (Å²) < 4.78 is 6.04. The van der Waals surface area contributed by atoms with E-state index in [9.17, 15) is 0 Å². The van der Waals surface area contributed by atoms with Crippen LogP contribution in [0.2, 0.25) is 0 Å². The van der Waals surface area contributed by atoms with Crippen LogP contribution in [0.25, 0.3) is 0 Å². The fraction of sp³-hybridized carbons (Fsp3) is 0.364. The average Bonchev–Trinajstić information content (AvgIpc) is 2.87. The summed E-state index contributed by atoms with van der Waals surface area (Å²) in [5, 5.41) is 4.21. The molecule has 2 aliphatic rings. The van der Waals surface area contributed by atoms with Crippen molar-refractivity contribution in [2.24, 2.45) is 4.99 Å². The molecule has 1 saturated heterocycles. The van der Waals surface area contributed by atoms with Crippen LogP contribution in [-0.2, 0) is 4.74 Å². The van der Waals surface area contributed by atoms with Crippen LogP contribution in [0.1, 0.15) is 32.3 Å². The maximum atomic E-state index is 6.04. The Bertz CT molecular complexity index is 893. The molecule has 0 bridgehead atoms. The van der Waals surface area contributed by atoms with E-state index in [2.05, 4.69) is 55.3 Å². The van der Waals surface area contributed by atoms with Gasteiger partial charge in [-0.3, -0.25) is 0 Å². The van der Waals surface area contributed by atoms with Crippen LogP contribution < -0.4 is 10.2 Å². The second-order valence-electron chi connectivity index (χ2n) is 7.92. The number of aryl methyl sites for hydroxylation is 1. The van der Waals surface area contributed by atoms with Crippen molar-refractivity contribution in [1.29, 1.82) is 0 Å². The van der Waals surface area contributed by atoms with Crippen molar-refractivity contribution >= 4 is 34.5 Å². The van der Waals surface area contributed by atoms with Gasteiger partial charge in [0.25, 0.3) is 0 Å². The monoisotopic (exact) mass is 379 g/mol. The number of hydrogen-bond donors (Lipinski definition) is 1. The summed E-state index contributed by atoms with van der Waals surface area (Å²) in [6.07, 6.45) is 1.65. The summed E-state index contributed by atoms with van der Waals surface area (Å²) >= 11 is 5.73. The third-order valence-corrected chi connectivity index (χ3v) is 5.68. The van der Waals surface area contributed by atoms with Gasteiger partial charge < -0.3 is 15.0 Å². The fourth-order valence-corrected chi connectivity index (χ4v) is 4.56. The lowest BCUT2D eigenvalue weighted by molar-refractivity contribution is -0.0661. The number of rotatable bonds is 2. The summed E-state index contributed by atoms with van der Waals surface area (Å²) in [4.78, 5) is 7.05. The molecule has 2 aromatic rings. The van der Waals surface area contributed by atoms with Crippen LogP contribution in [0.4, 0.5) is 11.4 Å². The lowest BCUT2D eigenvalue weighted by atomic mass is 9.79. The molecule has 0 unspecified atom stereocenters. The standard InChI is InChI=1S/C22H25N3OS/c1-16-9-7-8-12-18(16)23-19-22(13-14-26-21(2,3)15-22)25(20(27)24-19)17-10-5-4-6-11-17/h4-12H,13-15H2,1-3H3,(H,23,24,27)/t22-/m1/s1. The number of ether oxygens (including phenoxy) is 1. The summed E-state index contributed by atoms with van der Waals surface area (Å²) in [6, 6.07) is 18.6. The molecule has 4 rings (SSSR count). The van der Waals surface area contributed by atoms with E-state index in [4.69, 9.17) is 21.9 Å². The van der Waals surface area contributed by atoms with Crippen LogP contribution >= 0.6 is 12.2 Å². The molecule has 1 fully saturated rings. The molecule has 2 heterocycles. The minimum atomic E-state index is -0.331. The number of nitrogens with zero attached hydrogens (tertiary/aromatic N) is 2. The molecule has 0 aliphatic carbocycles. The number of para-hydroxylation sites is 2. The molecule has 4 nitrogen and oxygen atoms in total. The van der Waals surface area contributed by atoms with Gasteiger partial charge in [-0.25, -0.2) is 4.99 Å². The molecular weight excluding hydrogens is 354 g/mol. The summed E-state index contributed by atoms with van der Waals surface area (Å²) in [6.45, 7) is 7.06. The first-order valence-corrected chi connectivity index (χ1v) is 9.77. The van der Waals surface area contributed by atoms with Gasteiger partial charge >= 0.3 is 0 Å². The molecule has 140 valence electrons. The van der Waals surface area contributed by atoms with Crippen molar-refractivity contribution in [1.82, 2.24) is 0 Å². The van der Waals surface area contributed by atoms with E-state index in [1.54, 1.807) is 0 Å². The van der Waals surface area contributed by atoms with Crippen molar-refractivity contribution in [3.8, 4) is 0 Å². The van der Waals surface area contributed by atoms with Gasteiger partial charge in [-0.05, 0) is 56.8 Å². The summed E-state index contributed by atoms with van der Waals surface area (Å²) in [5.74, 6) is 0.919. The summed E-state index contributed by atoms with van der Waals surface area (Å²) in [7, 11) is 0. The van der Waals surface area contributed by atoms with Crippen LogP contribution in [0.15, 0.2) is 59.6 Å². The molecule has 2 aromatic carbocycles. The minimum absolute atomic E-state index is 0.251. The Morgan fingerprint density at radius 1 is 1.07 bits per heavy atom. The first-order chi connectivity index (χ1) is 12.9. The van der Waals surface area contributed by atoms with Gasteiger partial charge in [0.05, 0.1) is 5.60 Å². The van der Waals surface area contributed by atoms with Gasteiger partial charge in [-0.15, -0.1) is 0 Å². The molecule has 1 spiro atoms. The molecule has 0 saturated carbocycles. The SMILES string of the molecule is Cc1ccccc1NC1=NC(=S)N(c2ccccc2)[C@@]12CCOC(C)(C)C2. The smallest absolute Gasteiger partial charge is 0.202 e. The Balaban J connectivity index is 1.79. The zero-order valence-corrected chi connectivity index (χ0v) is 16.8. The first kappa shape index (κ1) is 18.1.